The lowest BCUT2D eigenvalue weighted by molar-refractivity contribution is -0.137. The Kier molecular flexibility index (Phi) is 8.37. The molecule has 3 aliphatic rings. The Morgan fingerprint density at radius 1 is 1.20 bits per heavy atom. The van der Waals surface area contributed by atoms with Gasteiger partial charge in [0, 0.05) is 37.5 Å². The van der Waals surface area contributed by atoms with E-state index in [0.717, 1.165) is 17.0 Å². The monoisotopic (exact) mass is 551 g/mol. The Labute approximate surface area is 230 Å². The Hall–Kier alpha value is -3.89. The molecule has 40 heavy (non-hydrogen) atoms. The molecule has 1 aliphatic carbocycles. The molecule has 8 nitrogen and oxygen atoms in total. The summed E-state index contributed by atoms with van der Waals surface area (Å²) >= 11 is 0. The van der Waals surface area contributed by atoms with Crippen molar-refractivity contribution < 1.29 is 33.4 Å². The van der Waals surface area contributed by atoms with E-state index in [-0.39, 0.29) is 24.1 Å². The molecule has 2 aliphatic heterocycles. The van der Waals surface area contributed by atoms with E-state index >= 15 is 0 Å². The highest BCUT2D eigenvalue weighted by molar-refractivity contribution is 6.02. The van der Waals surface area contributed by atoms with Crippen LogP contribution in [-0.2, 0) is 14.4 Å². The normalized spacial score (nSPS) is 22.6. The van der Waals surface area contributed by atoms with E-state index in [2.05, 4.69) is 5.16 Å². The van der Waals surface area contributed by atoms with Crippen LogP contribution in [0.1, 0.15) is 67.5 Å². The molecule has 0 fully saturated rings. The first-order chi connectivity index (χ1) is 19.3. The van der Waals surface area contributed by atoms with Gasteiger partial charge in [-0.15, -0.1) is 0 Å². The molecule has 210 valence electrons. The van der Waals surface area contributed by atoms with Gasteiger partial charge in [0.25, 0.3) is 0 Å². The molecule has 0 aromatic heterocycles. The second kappa shape index (κ2) is 12.1. The van der Waals surface area contributed by atoms with Crippen molar-refractivity contribution in [3.05, 3.63) is 89.0 Å². The van der Waals surface area contributed by atoms with Gasteiger partial charge in [-0.1, -0.05) is 35.5 Å². The van der Waals surface area contributed by atoms with E-state index < -0.39 is 24.4 Å². The Bertz CT molecular complexity index is 1370. The van der Waals surface area contributed by atoms with Gasteiger partial charge < -0.3 is 24.7 Å². The van der Waals surface area contributed by atoms with Gasteiger partial charge in [0.05, 0.1) is 17.4 Å². The molecule has 2 aromatic carbocycles. The number of carboxylic acid groups (broad SMARTS) is 1. The number of aliphatic carboxylic acids is 1. The third-order valence-electron chi connectivity index (χ3n) is 7.34. The van der Waals surface area contributed by atoms with Crippen LogP contribution < -0.4 is 0 Å². The van der Waals surface area contributed by atoms with E-state index in [1.54, 1.807) is 13.2 Å². The Morgan fingerprint density at radius 2 is 2.00 bits per heavy atom. The molecule has 2 aromatic rings. The number of aliphatic hydroxyl groups is 1. The lowest BCUT2D eigenvalue weighted by Crippen LogP contribution is -2.44. The first-order valence-corrected chi connectivity index (χ1v) is 13.3. The summed E-state index contributed by atoms with van der Waals surface area (Å²) in [4.78, 5) is 23.6. The number of rotatable bonds is 10. The molecule has 0 radical (unpaired) electrons. The summed E-state index contributed by atoms with van der Waals surface area (Å²) in [5, 5.41) is 24.0. The first-order valence-electron chi connectivity index (χ1n) is 13.3. The summed E-state index contributed by atoms with van der Waals surface area (Å²) in [7, 11) is 1.61. The number of ether oxygens (including phenoxy) is 1. The molecule has 0 spiro atoms. The molecule has 0 saturated carbocycles. The molecule has 0 saturated heterocycles. The molecule has 2 heterocycles. The van der Waals surface area contributed by atoms with E-state index in [1.807, 2.05) is 23.1 Å². The highest BCUT2D eigenvalue weighted by Gasteiger charge is 2.35. The van der Waals surface area contributed by atoms with Gasteiger partial charge in [0.15, 0.2) is 12.3 Å². The average molecular weight is 552 g/mol. The minimum absolute atomic E-state index is 0.0732. The van der Waals surface area contributed by atoms with Crippen LogP contribution >= 0.6 is 0 Å². The summed E-state index contributed by atoms with van der Waals surface area (Å²) in [5.74, 6) is -0.770. The van der Waals surface area contributed by atoms with Crippen molar-refractivity contribution in [1.82, 2.24) is 4.90 Å². The zero-order valence-electron chi connectivity index (χ0n) is 22.0. The summed E-state index contributed by atoms with van der Waals surface area (Å²) in [5.41, 5.74) is 3.51. The molecule has 4 atom stereocenters. The summed E-state index contributed by atoms with van der Waals surface area (Å²) in [6.45, 7) is 0. The number of aliphatic imine (C=N–C) groups is 1. The van der Waals surface area contributed by atoms with Crippen LogP contribution in [0.5, 0.6) is 0 Å². The fraction of sp³-hybridized carbons (Fsp3) is 0.367. The van der Waals surface area contributed by atoms with Gasteiger partial charge >= 0.3 is 5.97 Å². The first kappa shape index (κ1) is 27.7. The molecule has 2 N–H and O–H groups in total. The minimum atomic E-state index is -0.969. The summed E-state index contributed by atoms with van der Waals surface area (Å²) in [6.07, 6.45) is 5.26. The third-order valence-corrected chi connectivity index (χ3v) is 7.34. The van der Waals surface area contributed by atoms with Crippen LogP contribution in [0, 0.1) is 5.82 Å². The minimum Gasteiger partial charge on any atom is -0.481 e. The number of benzene rings is 2. The number of carboxylic acids is 1. The number of unbranched alkanes of at least 4 members (excludes halogenated alkanes) is 1. The number of fused-ring (bicyclic) bond motifs is 1. The van der Waals surface area contributed by atoms with Crippen molar-refractivity contribution in [2.24, 2.45) is 10.1 Å². The van der Waals surface area contributed by atoms with Crippen molar-refractivity contribution >= 4 is 23.2 Å². The van der Waals surface area contributed by atoms with Gasteiger partial charge in [0.1, 0.15) is 23.6 Å². The van der Waals surface area contributed by atoms with E-state index in [9.17, 15) is 18.7 Å². The van der Waals surface area contributed by atoms with Gasteiger partial charge in [-0.3, -0.25) is 4.79 Å². The number of allylic oxidation sites excluding steroid dienone is 2. The second-order valence-electron chi connectivity index (χ2n) is 10.0. The Morgan fingerprint density at radius 3 is 2.70 bits per heavy atom. The van der Waals surface area contributed by atoms with Crippen LogP contribution in [0.4, 0.5) is 14.5 Å². The number of carbonyl (C=O) groups is 1. The summed E-state index contributed by atoms with van der Waals surface area (Å²) in [6, 6.07) is 11.2. The second-order valence-corrected chi connectivity index (χ2v) is 10.0. The van der Waals surface area contributed by atoms with Crippen LogP contribution in [-0.4, -0.2) is 51.9 Å². The molecule has 4 unspecified atom stereocenters. The maximum atomic E-state index is 13.7. The standard InChI is InChI=1S/C30H31F2N3O5/c1-39-30-23-15-8-19(24-17-26(40-34-24)29(38)18-6-9-20(31)10-7-18)16-25(23)33-27(4-2-3-5-28(36)37)35(30)22-13-11-21(32)12-14-22/h6-13,15-16,22,26,29-30,38H,2-5,14,17H2,1H3,(H,36,37). The zero-order chi connectivity index (χ0) is 28.2. The smallest absolute Gasteiger partial charge is 0.303 e. The molecular formula is C30H31F2N3O5. The number of hydrogen-bond acceptors (Lipinski definition) is 7. The highest BCUT2D eigenvalue weighted by atomic mass is 19.1. The fourth-order valence-electron chi connectivity index (χ4n) is 5.26. The number of hydrogen-bond donors (Lipinski definition) is 2. The maximum absolute atomic E-state index is 13.7. The lowest BCUT2D eigenvalue weighted by Gasteiger charge is -2.42. The maximum Gasteiger partial charge on any atom is 0.303 e. The van der Waals surface area contributed by atoms with Crippen LogP contribution in [0.25, 0.3) is 0 Å². The highest BCUT2D eigenvalue weighted by Crippen LogP contribution is 2.40. The topological polar surface area (TPSA) is 104 Å². The number of oxime groups is 1. The van der Waals surface area contributed by atoms with Crippen LogP contribution in [0.2, 0.25) is 0 Å². The zero-order valence-corrected chi connectivity index (χ0v) is 22.0. The Balaban J connectivity index is 1.39. The third kappa shape index (κ3) is 5.97. The van der Waals surface area contributed by atoms with E-state index in [1.165, 1.54) is 36.4 Å². The van der Waals surface area contributed by atoms with Crippen molar-refractivity contribution in [3.63, 3.8) is 0 Å². The number of nitrogens with zero attached hydrogens (tertiary/aromatic N) is 3. The predicted octanol–water partition coefficient (Wildman–Crippen LogP) is 5.87. The largest absolute Gasteiger partial charge is 0.481 e. The number of aliphatic hydroxyl groups excluding tert-OH is 1. The lowest BCUT2D eigenvalue weighted by atomic mass is 9.95. The van der Waals surface area contributed by atoms with Crippen molar-refractivity contribution in [2.75, 3.05) is 7.11 Å². The predicted molar refractivity (Wildman–Crippen MR) is 145 cm³/mol. The molecule has 5 rings (SSSR count). The van der Waals surface area contributed by atoms with Crippen LogP contribution in [0.3, 0.4) is 0 Å². The van der Waals surface area contributed by atoms with Gasteiger partial charge in [-0.25, -0.2) is 13.8 Å². The fourth-order valence-corrected chi connectivity index (χ4v) is 5.26. The molecule has 0 amide bonds. The van der Waals surface area contributed by atoms with Crippen molar-refractivity contribution in [1.29, 1.82) is 0 Å². The SMILES string of the molecule is COC1c2ccc(C3=NOC(C(O)c4ccc(F)cc4)C3)cc2N=C(CCCCC(=O)O)N1C1C=CC(F)=CC1. The molecule has 0 bridgehead atoms. The number of halogens is 2. The van der Waals surface area contributed by atoms with Crippen molar-refractivity contribution in [3.8, 4) is 0 Å². The number of methoxy groups -OCH3 is 1. The number of amidine groups is 1. The van der Waals surface area contributed by atoms with E-state index in [4.69, 9.17) is 19.7 Å². The quantitative estimate of drug-likeness (QED) is 0.358. The van der Waals surface area contributed by atoms with Gasteiger partial charge in [-0.2, -0.15) is 0 Å². The average Bonchev–Trinajstić information content (AvgIpc) is 3.45. The van der Waals surface area contributed by atoms with Gasteiger partial charge in [-0.05, 0) is 55.2 Å². The van der Waals surface area contributed by atoms with E-state index in [0.29, 0.717) is 49.1 Å². The van der Waals surface area contributed by atoms with Crippen LogP contribution in [0.15, 0.2) is 76.7 Å². The van der Waals surface area contributed by atoms with Gasteiger partial charge in [0.2, 0.25) is 0 Å². The summed E-state index contributed by atoms with van der Waals surface area (Å²) < 4.78 is 33.0. The molecular weight excluding hydrogens is 520 g/mol. The van der Waals surface area contributed by atoms with Crippen molar-refractivity contribution in [2.45, 2.75) is 63.0 Å². The molecule has 10 heteroatoms.